The lowest BCUT2D eigenvalue weighted by atomic mass is 10.1. The molecular weight excluding hydrogens is 552 g/mol. The molecule has 0 radical (unpaired) electrons. The zero-order valence-electron chi connectivity index (χ0n) is 22.2. The second-order valence-corrected chi connectivity index (χ2v) is 11.9. The van der Waals surface area contributed by atoms with E-state index >= 15 is 0 Å². The van der Waals surface area contributed by atoms with E-state index in [1.165, 1.54) is 16.5 Å². The standard InChI is InChI=1S/C29H30N2O7S2/c1-36-26-14-9-23(27(20-26)37-2)8-11-24(32)10-5-22-6-12-25(13-7-22)38-18-17-30-15-16-31(21-28(30)33)40(34,35)29-4-3-19-39-29/h3-14,19-20H,15-18,21H2,1-2H3. The van der Waals surface area contributed by atoms with Crippen molar-refractivity contribution in [3.63, 3.8) is 0 Å². The van der Waals surface area contributed by atoms with E-state index in [1.807, 2.05) is 18.2 Å². The van der Waals surface area contributed by atoms with Gasteiger partial charge in [-0.2, -0.15) is 4.31 Å². The highest BCUT2D eigenvalue weighted by Crippen LogP contribution is 2.26. The quantitative estimate of drug-likeness (QED) is 0.298. The predicted octanol–water partition coefficient (Wildman–Crippen LogP) is 3.97. The summed E-state index contributed by atoms with van der Waals surface area (Å²) in [4.78, 5) is 26.4. The summed E-state index contributed by atoms with van der Waals surface area (Å²) in [5.74, 6) is 1.48. The van der Waals surface area contributed by atoms with Crippen LogP contribution in [0.3, 0.4) is 0 Å². The second kappa shape index (κ2) is 13.4. The van der Waals surface area contributed by atoms with Crippen LogP contribution in [0.4, 0.5) is 0 Å². The number of carbonyl (C=O) groups excluding carboxylic acids is 2. The number of rotatable bonds is 12. The largest absolute Gasteiger partial charge is 0.497 e. The molecule has 0 spiro atoms. The van der Waals surface area contributed by atoms with Gasteiger partial charge in [0.15, 0.2) is 5.78 Å². The van der Waals surface area contributed by atoms with Crippen LogP contribution in [-0.4, -0.2) is 76.3 Å². The molecule has 210 valence electrons. The number of methoxy groups -OCH3 is 2. The summed E-state index contributed by atoms with van der Waals surface area (Å²) in [5, 5.41) is 1.70. The monoisotopic (exact) mass is 582 g/mol. The third kappa shape index (κ3) is 7.38. The number of hydrogen-bond donors (Lipinski definition) is 0. The van der Waals surface area contributed by atoms with E-state index < -0.39 is 10.0 Å². The van der Waals surface area contributed by atoms with Gasteiger partial charge < -0.3 is 19.1 Å². The van der Waals surface area contributed by atoms with Crippen LogP contribution in [0.5, 0.6) is 17.2 Å². The van der Waals surface area contributed by atoms with E-state index in [0.717, 1.165) is 22.5 Å². The number of ether oxygens (including phenoxy) is 3. The van der Waals surface area contributed by atoms with Crippen molar-refractivity contribution in [1.82, 2.24) is 9.21 Å². The fraction of sp³-hybridized carbons (Fsp3) is 0.241. The average Bonchev–Trinajstić information content (AvgIpc) is 3.52. The second-order valence-electron chi connectivity index (χ2n) is 8.75. The Morgan fingerprint density at radius 3 is 2.40 bits per heavy atom. The van der Waals surface area contributed by atoms with E-state index in [-0.39, 0.29) is 35.6 Å². The molecule has 11 heteroatoms. The zero-order valence-corrected chi connectivity index (χ0v) is 23.8. The Bertz CT molecular complexity index is 1480. The lowest BCUT2D eigenvalue weighted by Crippen LogP contribution is -2.52. The summed E-state index contributed by atoms with van der Waals surface area (Å²) in [5.41, 5.74) is 1.59. The first kappa shape index (κ1) is 29.1. The minimum Gasteiger partial charge on any atom is -0.497 e. The molecule has 0 N–H and O–H groups in total. The Kier molecular flexibility index (Phi) is 9.75. The van der Waals surface area contributed by atoms with Gasteiger partial charge in [0.05, 0.1) is 27.3 Å². The van der Waals surface area contributed by atoms with Crippen LogP contribution in [0.15, 0.2) is 76.3 Å². The molecule has 2 heterocycles. The molecule has 2 aromatic carbocycles. The first-order valence-corrected chi connectivity index (χ1v) is 14.8. The molecule has 0 bridgehead atoms. The summed E-state index contributed by atoms with van der Waals surface area (Å²) in [6.07, 6.45) is 6.35. The van der Waals surface area contributed by atoms with Crippen LogP contribution in [-0.2, 0) is 19.6 Å². The van der Waals surface area contributed by atoms with Gasteiger partial charge in [-0.05, 0) is 59.5 Å². The molecule has 1 aliphatic heterocycles. The Labute approximate surface area is 237 Å². The lowest BCUT2D eigenvalue weighted by molar-refractivity contribution is -0.134. The average molecular weight is 583 g/mol. The number of benzene rings is 2. The van der Waals surface area contributed by atoms with Crippen molar-refractivity contribution in [2.75, 3.05) is 47.0 Å². The smallest absolute Gasteiger partial charge is 0.253 e. The molecule has 0 aliphatic carbocycles. The minimum absolute atomic E-state index is 0.175. The minimum atomic E-state index is -3.64. The number of piperazine rings is 1. The van der Waals surface area contributed by atoms with Gasteiger partial charge >= 0.3 is 0 Å². The van der Waals surface area contributed by atoms with Gasteiger partial charge in [-0.15, -0.1) is 11.3 Å². The summed E-state index contributed by atoms with van der Waals surface area (Å²) >= 11 is 1.14. The molecule has 3 aromatic rings. The fourth-order valence-electron chi connectivity index (χ4n) is 3.98. The highest BCUT2D eigenvalue weighted by atomic mass is 32.2. The highest BCUT2D eigenvalue weighted by molar-refractivity contribution is 7.91. The fourth-order valence-corrected chi connectivity index (χ4v) is 6.50. The topological polar surface area (TPSA) is 102 Å². The number of nitrogens with zero attached hydrogens (tertiary/aromatic N) is 2. The molecular formula is C29H30N2O7S2. The molecule has 1 amide bonds. The molecule has 0 unspecified atom stereocenters. The van der Waals surface area contributed by atoms with Gasteiger partial charge in [-0.25, -0.2) is 8.42 Å². The number of sulfonamides is 1. The SMILES string of the molecule is COc1ccc(C=CC(=O)C=Cc2ccc(OCCN3CCN(S(=O)(=O)c4cccs4)CC3=O)cc2)c(OC)c1. The molecule has 1 aliphatic rings. The molecule has 40 heavy (non-hydrogen) atoms. The van der Waals surface area contributed by atoms with Gasteiger partial charge in [0.1, 0.15) is 28.1 Å². The van der Waals surface area contributed by atoms with Crippen LogP contribution in [0.25, 0.3) is 12.2 Å². The maximum atomic E-state index is 12.7. The van der Waals surface area contributed by atoms with Crippen molar-refractivity contribution in [2.24, 2.45) is 0 Å². The predicted molar refractivity (Wildman–Crippen MR) is 154 cm³/mol. The number of ketones is 1. The van der Waals surface area contributed by atoms with Crippen LogP contribution in [0.1, 0.15) is 11.1 Å². The van der Waals surface area contributed by atoms with Crippen molar-refractivity contribution in [3.05, 3.63) is 83.3 Å². The first-order valence-electron chi connectivity index (χ1n) is 12.5. The molecule has 4 rings (SSSR count). The van der Waals surface area contributed by atoms with Crippen LogP contribution in [0, 0.1) is 0 Å². The number of thiophene rings is 1. The van der Waals surface area contributed by atoms with Gasteiger partial charge in [0, 0.05) is 24.7 Å². The number of allylic oxidation sites excluding steroid dienone is 2. The van der Waals surface area contributed by atoms with Gasteiger partial charge in [0.2, 0.25) is 5.91 Å². The maximum absolute atomic E-state index is 12.7. The van der Waals surface area contributed by atoms with Gasteiger partial charge in [-0.1, -0.05) is 24.3 Å². The Balaban J connectivity index is 1.23. The van der Waals surface area contributed by atoms with Crippen LogP contribution < -0.4 is 14.2 Å². The molecule has 1 aromatic heterocycles. The molecule has 1 saturated heterocycles. The Morgan fingerprint density at radius 1 is 0.975 bits per heavy atom. The number of carbonyl (C=O) groups is 2. The van der Waals surface area contributed by atoms with Crippen molar-refractivity contribution in [1.29, 1.82) is 0 Å². The van der Waals surface area contributed by atoms with E-state index in [0.29, 0.717) is 30.3 Å². The Hall–Kier alpha value is -3.93. The van der Waals surface area contributed by atoms with Crippen molar-refractivity contribution in [2.45, 2.75) is 4.21 Å². The van der Waals surface area contributed by atoms with Crippen molar-refractivity contribution in [3.8, 4) is 17.2 Å². The van der Waals surface area contributed by atoms with E-state index in [1.54, 1.807) is 73.0 Å². The van der Waals surface area contributed by atoms with E-state index in [4.69, 9.17) is 14.2 Å². The van der Waals surface area contributed by atoms with Crippen molar-refractivity contribution >= 4 is 45.2 Å². The van der Waals surface area contributed by atoms with Crippen LogP contribution >= 0.6 is 11.3 Å². The number of amides is 1. The van der Waals surface area contributed by atoms with Crippen LogP contribution in [0.2, 0.25) is 0 Å². The maximum Gasteiger partial charge on any atom is 0.253 e. The summed E-state index contributed by atoms with van der Waals surface area (Å²) in [6, 6.07) is 15.8. The van der Waals surface area contributed by atoms with Gasteiger partial charge in [-0.3, -0.25) is 9.59 Å². The zero-order chi connectivity index (χ0) is 28.5. The number of hydrogen-bond acceptors (Lipinski definition) is 8. The summed E-state index contributed by atoms with van der Waals surface area (Å²) in [7, 11) is -0.505. The molecule has 0 saturated carbocycles. The lowest BCUT2D eigenvalue weighted by Gasteiger charge is -2.33. The third-order valence-electron chi connectivity index (χ3n) is 6.19. The molecule has 1 fully saturated rings. The first-order chi connectivity index (χ1) is 19.3. The molecule has 0 atom stereocenters. The summed E-state index contributed by atoms with van der Waals surface area (Å²) in [6.45, 7) is 1.01. The van der Waals surface area contributed by atoms with Gasteiger partial charge in [0.25, 0.3) is 10.0 Å². The normalized spacial score (nSPS) is 14.7. The summed E-state index contributed by atoms with van der Waals surface area (Å²) < 4.78 is 43.1. The third-order valence-corrected chi connectivity index (χ3v) is 9.41. The molecule has 9 nitrogen and oxygen atoms in total. The van der Waals surface area contributed by atoms with E-state index in [2.05, 4.69) is 0 Å². The van der Waals surface area contributed by atoms with E-state index in [9.17, 15) is 18.0 Å². The van der Waals surface area contributed by atoms with Crippen molar-refractivity contribution < 1.29 is 32.2 Å². The highest BCUT2D eigenvalue weighted by Gasteiger charge is 2.33. The Morgan fingerprint density at radius 2 is 1.73 bits per heavy atom.